The van der Waals surface area contributed by atoms with E-state index in [9.17, 15) is 0 Å². The van der Waals surface area contributed by atoms with Crippen LogP contribution >= 0.6 is 47.4 Å². The molecule has 1 aliphatic heterocycles. The second-order valence-electron chi connectivity index (χ2n) is 5.25. The summed E-state index contributed by atoms with van der Waals surface area (Å²) in [5.41, 5.74) is 0.865. The van der Waals surface area contributed by atoms with Crippen molar-refractivity contribution < 1.29 is 4.74 Å². The van der Waals surface area contributed by atoms with Crippen LogP contribution in [-0.4, -0.2) is 58.3 Å². The van der Waals surface area contributed by atoms with Crippen molar-refractivity contribution in [2.45, 2.75) is 12.1 Å². The van der Waals surface area contributed by atoms with Crippen LogP contribution in [0.4, 0.5) is 0 Å². The lowest BCUT2D eigenvalue weighted by Crippen LogP contribution is -2.37. The Labute approximate surface area is 162 Å². The van der Waals surface area contributed by atoms with Crippen molar-refractivity contribution >= 4 is 47.4 Å². The molecule has 2 aromatic rings. The first kappa shape index (κ1) is 19.8. The Kier molecular flexibility index (Phi) is 7.65. The molecule has 0 unspecified atom stereocenters. The van der Waals surface area contributed by atoms with E-state index in [2.05, 4.69) is 15.0 Å². The molecule has 9 heteroatoms. The van der Waals surface area contributed by atoms with Gasteiger partial charge in [0.15, 0.2) is 0 Å². The molecule has 0 atom stereocenters. The van der Waals surface area contributed by atoms with Crippen LogP contribution in [0.15, 0.2) is 23.4 Å². The molecule has 1 aromatic carbocycles. The van der Waals surface area contributed by atoms with E-state index in [1.165, 1.54) is 0 Å². The third kappa shape index (κ3) is 5.00. The number of thioether (sulfide) groups is 1. The summed E-state index contributed by atoms with van der Waals surface area (Å²) >= 11 is 13.7. The minimum atomic E-state index is 0. The first-order valence-electron chi connectivity index (χ1n) is 7.45. The van der Waals surface area contributed by atoms with Gasteiger partial charge < -0.3 is 4.74 Å². The van der Waals surface area contributed by atoms with Crippen molar-refractivity contribution in [3.63, 3.8) is 0 Å². The summed E-state index contributed by atoms with van der Waals surface area (Å²) in [5.74, 6) is 1.79. The summed E-state index contributed by atoms with van der Waals surface area (Å²) in [6.45, 7) is 6.62. The highest BCUT2D eigenvalue weighted by Gasteiger charge is 2.12. The Bertz CT molecular complexity index is 677. The van der Waals surface area contributed by atoms with Gasteiger partial charge in [-0.15, -0.1) is 17.5 Å². The summed E-state index contributed by atoms with van der Waals surface area (Å²) < 4.78 is 7.14. The van der Waals surface area contributed by atoms with Crippen molar-refractivity contribution in [3.05, 3.63) is 34.1 Å². The normalized spacial score (nSPS) is 15.3. The van der Waals surface area contributed by atoms with Crippen LogP contribution in [0.1, 0.15) is 5.82 Å². The Morgan fingerprint density at radius 1 is 1.21 bits per heavy atom. The third-order valence-electron chi connectivity index (χ3n) is 3.64. The molecule has 0 aliphatic carbocycles. The van der Waals surface area contributed by atoms with Crippen molar-refractivity contribution in [1.29, 1.82) is 0 Å². The zero-order valence-corrected chi connectivity index (χ0v) is 16.4. The molecule has 0 amide bonds. The summed E-state index contributed by atoms with van der Waals surface area (Å²) in [4.78, 5) is 6.92. The molecule has 132 valence electrons. The van der Waals surface area contributed by atoms with Gasteiger partial charge in [0.1, 0.15) is 5.82 Å². The van der Waals surface area contributed by atoms with Gasteiger partial charge in [-0.25, -0.2) is 9.67 Å². The minimum absolute atomic E-state index is 0. The van der Waals surface area contributed by atoms with Crippen molar-refractivity contribution in [2.75, 3.05) is 38.6 Å². The number of aromatic nitrogens is 3. The summed E-state index contributed by atoms with van der Waals surface area (Å²) in [7, 11) is 0. The molecule has 0 bridgehead atoms. The van der Waals surface area contributed by atoms with Gasteiger partial charge in [-0.2, -0.15) is 0 Å². The zero-order chi connectivity index (χ0) is 16.2. The van der Waals surface area contributed by atoms with Crippen LogP contribution in [-0.2, 0) is 4.74 Å². The highest BCUT2D eigenvalue weighted by molar-refractivity contribution is 7.99. The molecule has 1 saturated heterocycles. The van der Waals surface area contributed by atoms with E-state index in [4.69, 9.17) is 27.9 Å². The van der Waals surface area contributed by atoms with Gasteiger partial charge in [-0.1, -0.05) is 35.0 Å². The molecule has 5 nitrogen and oxygen atoms in total. The number of rotatable bonds is 5. The molecular weight excluding hydrogens is 391 g/mol. The van der Waals surface area contributed by atoms with Gasteiger partial charge in [0, 0.05) is 25.4 Å². The van der Waals surface area contributed by atoms with Crippen molar-refractivity contribution in [1.82, 2.24) is 19.7 Å². The molecule has 0 spiro atoms. The lowest BCUT2D eigenvalue weighted by atomic mass is 10.3. The standard InChI is InChI=1S/C15H18Cl2N4OS.ClH/c1-11-18-15(23-9-6-20-4-7-22-8-5-20)19-21(11)12-2-3-13(16)14(17)10-12;/h2-3,10H,4-9H2,1H3;1H. The molecule has 0 saturated carbocycles. The topological polar surface area (TPSA) is 43.2 Å². The van der Waals surface area contributed by atoms with Crippen molar-refractivity contribution in [2.24, 2.45) is 0 Å². The second-order valence-corrected chi connectivity index (χ2v) is 7.13. The average molecular weight is 410 g/mol. The molecule has 1 aromatic heterocycles. The van der Waals surface area contributed by atoms with E-state index < -0.39 is 0 Å². The number of aryl methyl sites for hydroxylation is 1. The monoisotopic (exact) mass is 408 g/mol. The minimum Gasteiger partial charge on any atom is -0.379 e. The van der Waals surface area contributed by atoms with E-state index >= 15 is 0 Å². The predicted octanol–water partition coefficient (Wildman–Crippen LogP) is 3.73. The molecule has 0 radical (unpaired) electrons. The van der Waals surface area contributed by atoms with Gasteiger partial charge in [0.2, 0.25) is 5.16 Å². The number of morpholine rings is 1. The van der Waals surface area contributed by atoms with E-state index in [0.717, 1.165) is 55.3 Å². The van der Waals surface area contributed by atoms with Crippen LogP contribution in [0.3, 0.4) is 0 Å². The van der Waals surface area contributed by atoms with Gasteiger partial charge in [-0.3, -0.25) is 4.90 Å². The largest absolute Gasteiger partial charge is 0.379 e. The lowest BCUT2D eigenvalue weighted by Gasteiger charge is -2.25. The Balaban J connectivity index is 0.00000208. The van der Waals surface area contributed by atoms with E-state index in [1.54, 1.807) is 28.6 Å². The first-order valence-corrected chi connectivity index (χ1v) is 9.19. The average Bonchev–Trinajstić information content (AvgIpc) is 2.92. The molecule has 1 fully saturated rings. The van der Waals surface area contributed by atoms with Gasteiger partial charge in [0.25, 0.3) is 0 Å². The molecule has 3 rings (SSSR count). The smallest absolute Gasteiger partial charge is 0.209 e. The number of benzene rings is 1. The highest BCUT2D eigenvalue weighted by atomic mass is 35.5. The van der Waals surface area contributed by atoms with Crippen LogP contribution < -0.4 is 0 Å². The molecule has 24 heavy (non-hydrogen) atoms. The van der Waals surface area contributed by atoms with Gasteiger partial charge in [0.05, 0.1) is 28.9 Å². The summed E-state index contributed by atoms with van der Waals surface area (Å²) in [6.07, 6.45) is 0. The van der Waals surface area contributed by atoms with Crippen LogP contribution in [0.5, 0.6) is 0 Å². The number of hydrogen-bond acceptors (Lipinski definition) is 5. The molecule has 1 aliphatic rings. The highest BCUT2D eigenvalue weighted by Crippen LogP contribution is 2.25. The van der Waals surface area contributed by atoms with E-state index in [-0.39, 0.29) is 12.4 Å². The molecule has 0 N–H and O–H groups in total. The summed E-state index contributed by atoms with van der Waals surface area (Å²) in [5, 5.41) is 6.39. The lowest BCUT2D eigenvalue weighted by molar-refractivity contribution is 0.0410. The number of hydrogen-bond donors (Lipinski definition) is 0. The number of halogens is 3. The fourth-order valence-electron chi connectivity index (χ4n) is 2.38. The van der Waals surface area contributed by atoms with Gasteiger partial charge >= 0.3 is 0 Å². The van der Waals surface area contributed by atoms with E-state index in [1.807, 2.05) is 13.0 Å². The molecular formula is C15H19Cl3N4OS. The van der Waals surface area contributed by atoms with Crippen molar-refractivity contribution in [3.8, 4) is 5.69 Å². The zero-order valence-electron chi connectivity index (χ0n) is 13.2. The van der Waals surface area contributed by atoms with Crippen LogP contribution in [0.25, 0.3) is 5.69 Å². The van der Waals surface area contributed by atoms with E-state index in [0.29, 0.717) is 10.0 Å². The fraction of sp³-hybridized carbons (Fsp3) is 0.467. The predicted molar refractivity (Wildman–Crippen MR) is 101 cm³/mol. The Morgan fingerprint density at radius 2 is 1.96 bits per heavy atom. The Hall–Kier alpha value is -0.500. The van der Waals surface area contributed by atoms with Crippen LogP contribution in [0, 0.1) is 6.92 Å². The third-order valence-corrected chi connectivity index (χ3v) is 5.20. The second kappa shape index (κ2) is 9.27. The maximum Gasteiger partial charge on any atom is 0.209 e. The maximum atomic E-state index is 6.08. The quantitative estimate of drug-likeness (QED) is 0.704. The molecule has 2 heterocycles. The number of nitrogens with zero attached hydrogens (tertiary/aromatic N) is 4. The summed E-state index contributed by atoms with van der Waals surface area (Å²) in [6, 6.07) is 5.46. The van der Waals surface area contributed by atoms with Gasteiger partial charge in [-0.05, 0) is 25.1 Å². The Morgan fingerprint density at radius 3 is 2.67 bits per heavy atom. The first-order chi connectivity index (χ1) is 11.1. The van der Waals surface area contributed by atoms with Crippen LogP contribution in [0.2, 0.25) is 10.0 Å². The fourth-order valence-corrected chi connectivity index (χ4v) is 3.54. The SMILES string of the molecule is Cc1nc(SCCN2CCOCC2)nn1-c1ccc(Cl)c(Cl)c1.Cl. The number of ether oxygens (including phenoxy) is 1. The maximum absolute atomic E-state index is 6.08.